The van der Waals surface area contributed by atoms with Gasteiger partial charge in [-0.15, -0.1) is 0 Å². The quantitative estimate of drug-likeness (QED) is 0.150. The Morgan fingerprint density at radius 1 is 0.724 bits per heavy atom. The van der Waals surface area contributed by atoms with E-state index in [1.807, 2.05) is 13.0 Å². The lowest BCUT2D eigenvalue weighted by Gasteiger charge is -2.34. The predicted molar refractivity (Wildman–Crippen MR) is 127 cm³/mol. The molecule has 0 bridgehead atoms. The smallest absolute Gasteiger partial charge is 0.0969 e. The van der Waals surface area contributed by atoms with Crippen LogP contribution in [0, 0.1) is 0 Å². The zero-order valence-electron chi connectivity index (χ0n) is 20.3. The van der Waals surface area contributed by atoms with Crippen molar-refractivity contribution in [2.75, 3.05) is 26.7 Å². The van der Waals surface area contributed by atoms with Crippen LogP contribution in [0.1, 0.15) is 123 Å². The van der Waals surface area contributed by atoms with Crippen molar-refractivity contribution in [1.29, 1.82) is 0 Å². The summed E-state index contributed by atoms with van der Waals surface area (Å²) in [6.45, 7) is 11.4. The summed E-state index contributed by atoms with van der Waals surface area (Å²) in [5.41, 5.74) is 0. The number of quaternary nitrogens is 1. The number of nitrogens with zero attached hydrogens (tertiary/aromatic N) is 1. The minimum Gasteiger partial charge on any atom is -1.00 e. The minimum absolute atomic E-state index is 0. The number of hydrogen-bond acceptors (Lipinski definition) is 1. The van der Waals surface area contributed by atoms with Gasteiger partial charge in [0, 0.05) is 6.42 Å². The third-order valence-electron chi connectivity index (χ3n) is 6.21. The molecule has 0 heterocycles. The fourth-order valence-electron chi connectivity index (χ4n) is 4.15. The highest BCUT2D eigenvalue weighted by Crippen LogP contribution is 2.15. The SMILES string of the molecule is C=CC[N+](C)(CCCCCCCCCCCCCCCCCC)CCC(C)O.[Cl-]. The topological polar surface area (TPSA) is 20.2 Å². The van der Waals surface area contributed by atoms with Gasteiger partial charge in [0.15, 0.2) is 0 Å². The molecule has 0 amide bonds. The Morgan fingerprint density at radius 3 is 1.45 bits per heavy atom. The third kappa shape index (κ3) is 22.5. The van der Waals surface area contributed by atoms with Gasteiger partial charge in [-0.2, -0.15) is 0 Å². The second-order valence-corrected chi connectivity index (χ2v) is 9.48. The van der Waals surface area contributed by atoms with E-state index in [0.717, 1.165) is 24.0 Å². The lowest BCUT2D eigenvalue weighted by atomic mass is 10.0. The van der Waals surface area contributed by atoms with E-state index in [-0.39, 0.29) is 18.5 Å². The van der Waals surface area contributed by atoms with E-state index < -0.39 is 0 Å². The highest BCUT2D eigenvalue weighted by molar-refractivity contribution is 4.66. The lowest BCUT2D eigenvalue weighted by molar-refractivity contribution is -0.904. The highest BCUT2D eigenvalue weighted by Gasteiger charge is 2.19. The van der Waals surface area contributed by atoms with E-state index in [1.54, 1.807) is 0 Å². The Hall–Kier alpha value is -0.0500. The van der Waals surface area contributed by atoms with E-state index in [0.29, 0.717) is 0 Å². The van der Waals surface area contributed by atoms with Crippen molar-refractivity contribution >= 4 is 0 Å². The number of halogens is 1. The maximum atomic E-state index is 9.56. The van der Waals surface area contributed by atoms with Crippen molar-refractivity contribution in [3.8, 4) is 0 Å². The van der Waals surface area contributed by atoms with Crippen molar-refractivity contribution in [1.82, 2.24) is 0 Å². The van der Waals surface area contributed by atoms with E-state index in [1.165, 1.54) is 109 Å². The molecule has 0 fully saturated rings. The molecule has 176 valence electrons. The molecule has 1 N–H and O–H groups in total. The van der Waals surface area contributed by atoms with Gasteiger partial charge in [0.2, 0.25) is 0 Å². The lowest BCUT2D eigenvalue weighted by Crippen LogP contribution is -3.00. The van der Waals surface area contributed by atoms with Crippen LogP contribution in [0.15, 0.2) is 12.7 Å². The Balaban J connectivity index is 0. The molecule has 0 aliphatic heterocycles. The highest BCUT2D eigenvalue weighted by atomic mass is 35.5. The first-order valence-corrected chi connectivity index (χ1v) is 12.7. The summed E-state index contributed by atoms with van der Waals surface area (Å²) in [7, 11) is 2.31. The van der Waals surface area contributed by atoms with Crippen molar-refractivity contribution in [3.05, 3.63) is 12.7 Å². The Morgan fingerprint density at radius 2 is 1.10 bits per heavy atom. The first-order valence-electron chi connectivity index (χ1n) is 12.7. The number of likely N-dealkylation sites (N-methyl/N-ethyl adjacent to an activating group) is 1. The Labute approximate surface area is 190 Å². The standard InChI is InChI=1S/C26H54NO.ClH/c1-5-7-8-9-10-11-12-13-14-15-16-17-18-19-20-21-24-27(4,23-6-2)25-22-26(3)28;/h6,26,28H,2,5,7-25H2,1,3-4H3;1H/q+1;/p-1. The average molecular weight is 432 g/mol. The van der Waals surface area contributed by atoms with Gasteiger partial charge in [0.1, 0.15) is 0 Å². The molecule has 0 saturated carbocycles. The van der Waals surface area contributed by atoms with Crippen LogP contribution in [0.25, 0.3) is 0 Å². The van der Waals surface area contributed by atoms with Crippen LogP contribution in [0.3, 0.4) is 0 Å². The monoisotopic (exact) mass is 431 g/mol. The van der Waals surface area contributed by atoms with Crippen LogP contribution < -0.4 is 12.4 Å². The van der Waals surface area contributed by atoms with Gasteiger partial charge >= 0.3 is 0 Å². The maximum absolute atomic E-state index is 9.56. The fraction of sp³-hybridized carbons (Fsp3) is 0.923. The first-order chi connectivity index (χ1) is 13.5. The zero-order valence-corrected chi connectivity index (χ0v) is 21.0. The molecule has 0 aromatic heterocycles. The predicted octanol–water partition coefficient (Wildman–Crippen LogP) is 4.66. The third-order valence-corrected chi connectivity index (χ3v) is 6.21. The van der Waals surface area contributed by atoms with Crippen molar-refractivity contribution in [3.63, 3.8) is 0 Å². The van der Waals surface area contributed by atoms with Gasteiger partial charge < -0.3 is 22.0 Å². The van der Waals surface area contributed by atoms with Gasteiger partial charge in [0.25, 0.3) is 0 Å². The Kier molecular flexibility index (Phi) is 24.3. The van der Waals surface area contributed by atoms with Gasteiger partial charge in [-0.3, -0.25) is 0 Å². The second kappa shape index (κ2) is 22.6. The fourth-order valence-corrected chi connectivity index (χ4v) is 4.15. The molecule has 0 aromatic carbocycles. The van der Waals surface area contributed by atoms with E-state index >= 15 is 0 Å². The molecule has 2 atom stereocenters. The van der Waals surface area contributed by atoms with Crippen LogP contribution in [-0.2, 0) is 0 Å². The molecule has 0 saturated heterocycles. The molecule has 0 aliphatic carbocycles. The summed E-state index contributed by atoms with van der Waals surface area (Å²) in [4.78, 5) is 0. The zero-order chi connectivity index (χ0) is 20.9. The van der Waals surface area contributed by atoms with Gasteiger partial charge in [-0.25, -0.2) is 0 Å². The number of hydrogen-bond donors (Lipinski definition) is 1. The van der Waals surface area contributed by atoms with E-state index in [9.17, 15) is 5.11 Å². The molecular weight excluding hydrogens is 378 g/mol. The summed E-state index contributed by atoms with van der Waals surface area (Å²) in [5.74, 6) is 0. The molecule has 0 aliphatic rings. The summed E-state index contributed by atoms with van der Waals surface area (Å²) >= 11 is 0. The van der Waals surface area contributed by atoms with Crippen LogP contribution in [0.5, 0.6) is 0 Å². The van der Waals surface area contributed by atoms with Crippen molar-refractivity contribution < 1.29 is 22.0 Å². The minimum atomic E-state index is -0.187. The first kappa shape index (κ1) is 31.1. The summed E-state index contributed by atoms with van der Waals surface area (Å²) in [6.07, 6.45) is 25.5. The normalized spacial score (nSPS) is 14.2. The maximum Gasteiger partial charge on any atom is 0.0969 e. The average Bonchev–Trinajstić information content (AvgIpc) is 2.66. The van der Waals surface area contributed by atoms with Crippen molar-refractivity contribution in [2.45, 2.75) is 129 Å². The molecule has 0 spiro atoms. The van der Waals surface area contributed by atoms with E-state index in [2.05, 4.69) is 20.6 Å². The number of aliphatic hydroxyl groups is 1. The molecule has 0 aromatic rings. The van der Waals surface area contributed by atoms with Gasteiger partial charge in [0.05, 0.1) is 32.8 Å². The van der Waals surface area contributed by atoms with Crippen LogP contribution >= 0.6 is 0 Å². The van der Waals surface area contributed by atoms with Crippen LogP contribution in [0.4, 0.5) is 0 Å². The molecule has 0 radical (unpaired) electrons. The molecule has 3 heteroatoms. The van der Waals surface area contributed by atoms with Crippen molar-refractivity contribution in [2.24, 2.45) is 0 Å². The second-order valence-electron chi connectivity index (χ2n) is 9.48. The summed E-state index contributed by atoms with van der Waals surface area (Å²) in [5, 5.41) is 9.56. The summed E-state index contributed by atoms with van der Waals surface area (Å²) < 4.78 is 1.03. The number of unbranched alkanes of at least 4 members (excludes halogenated alkanes) is 15. The Bertz CT molecular complexity index is 335. The largest absolute Gasteiger partial charge is 1.00 e. The number of aliphatic hydroxyl groups excluding tert-OH is 1. The molecular formula is C26H54ClNO. The van der Waals surface area contributed by atoms with Crippen LogP contribution in [0.2, 0.25) is 0 Å². The van der Waals surface area contributed by atoms with Gasteiger partial charge in [-0.1, -0.05) is 103 Å². The molecule has 0 rings (SSSR count). The number of rotatable bonds is 22. The molecule has 2 unspecified atom stereocenters. The van der Waals surface area contributed by atoms with E-state index in [4.69, 9.17) is 0 Å². The summed E-state index contributed by atoms with van der Waals surface area (Å²) in [6, 6.07) is 0. The van der Waals surface area contributed by atoms with Gasteiger partial charge in [-0.05, 0) is 25.8 Å². The molecule has 29 heavy (non-hydrogen) atoms. The molecule has 2 nitrogen and oxygen atoms in total. The van der Waals surface area contributed by atoms with Crippen LogP contribution in [-0.4, -0.2) is 42.4 Å².